The topological polar surface area (TPSA) is 88.9 Å². The minimum Gasteiger partial charge on any atom is -0.354 e. The Morgan fingerprint density at radius 2 is 2.09 bits per heavy atom. The summed E-state index contributed by atoms with van der Waals surface area (Å²) in [5.74, 6) is 0.337. The van der Waals surface area contributed by atoms with Crippen molar-refractivity contribution in [1.82, 2.24) is 25.4 Å². The van der Waals surface area contributed by atoms with Crippen molar-refractivity contribution >= 4 is 11.8 Å². The molecule has 0 spiro atoms. The van der Waals surface area contributed by atoms with Gasteiger partial charge in [-0.3, -0.25) is 14.3 Å². The van der Waals surface area contributed by atoms with Gasteiger partial charge in [0.2, 0.25) is 11.8 Å². The molecule has 2 amide bonds. The van der Waals surface area contributed by atoms with Crippen molar-refractivity contribution in [2.45, 2.75) is 64.5 Å². The average Bonchev–Trinajstić information content (AvgIpc) is 3.05. The van der Waals surface area contributed by atoms with Crippen molar-refractivity contribution in [3.8, 4) is 0 Å². The number of nitrogens with zero attached hydrogens (tertiary/aromatic N) is 3. The average molecular weight is 321 g/mol. The quantitative estimate of drug-likeness (QED) is 0.706. The largest absolute Gasteiger partial charge is 0.354 e. The van der Waals surface area contributed by atoms with Crippen LogP contribution in [-0.4, -0.2) is 39.2 Å². The third kappa shape index (κ3) is 6.38. The fraction of sp³-hybridized carbons (Fsp3) is 0.750. The first-order chi connectivity index (χ1) is 11.1. The van der Waals surface area contributed by atoms with Crippen molar-refractivity contribution in [2.75, 3.05) is 6.54 Å². The summed E-state index contributed by atoms with van der Waals surface area (Å²) < 4.78 is 1.72. The molecule has 1 fully saturated rings. The van der Waals surface area contributed by atoms with Crippen molar-refractivity contribution in [1.29, 1.82) is 0 Å². The van der Waals surface area contributed by atoms with E-state index in [-0.39, 0.29) is 11.8 Å². The minimum absolute atomic E-state index is 0.0119. The Morgan fingerprint density at radius 1 is 1.30 bits per heavy atom. The van der Waals surface area contributed by atoms with Crippen LogP contribution < -0.4 is 10.6 Å². The molecule has 7 heteroatoms. The third-order valence-corrected chi connectivity index (χ3v) is 4.30. The van der Waals surface area contributed by atoms with E-state index in [2.05, 4.69) is 20.7 Å². The van der Waals surface area contributed by atoms with Crippen LogP contribution in [0.4, 0.5) is 0 Å². The first kappa shape index (κ1) is 17.4. The Bertz CT molecular complexity index is 483. The van der Waals surface area contributed by atoms with E-state index in [1.54, 1.807) is 17.9 Å². The zero-order chi connectivity index (χ0) is 16.5. The SMILES string of the molecule is CC(NC(=O)CC1CCCCC1)C(=O)NCCCn1cncn1. The van der Waals surface area contributed by atoms with Gasteiger partial charge in [0.15, 0.2) is 0 Å². The molecule has 0 radical (unpaired) electrons. The molecule has 1 aromatic rings. The van der Waals surface area contributed by atoms with Crippen molar-refractivity contribution in [3.05, 3.63) is 12.7 Å². The third-order valence-electron chi connectivity index (χ3n) is 4.30. The van der Waals surface area contributed by atoms with Crippen molar-refractivity contribution in [2.24, 2.45) is 5.92 Å². The molecule has 23 heavy (non-hydrogen) atoms. The standard InChI is InChI=1S/C16H27N5O2/c1-13(20-15(22)10-14-6-3-2-4-7-14)16(23)18-8-5-9-21-12-17-11-19-21/h11-14H,2-10H2,1H3,(H,18,23)(H,20,22). The maximum atomic E-state index is 12.0. The zero-order valence-corrected chi connectivity index (χ0v) is 13.8. The molecule has 0 aromatic carbocycles. The lowest BCUT2D eigenvalue weighted by Gasteiger charge is -2.22. The number of aromatic nitrogens is 3. The van der Waals surface area contributed by atoms with Gasteiger partial charge in [0, 0.05) is 19.5 Å². The highest BCUT2D eigenvalue weighted by molar-refractivity contribution is 5.87. The summed E-state index contributed by atoms with van der Waals surface area (Å²) >= 11 is 0. The predicted octanol–water partition coefficient (Wildman–Crippen LogP) is 1.26. The molecular formula is C16H27N5O2. The van der Waals surface area contributed by atoms with E-state index in [0.29, 0.717) is 25.4 Å². The number of aryl methyl sites for hydroxylation is 1. The van der Waals surface area contributed by atoms with E-state index in [1.807, 2.05) is 0 Å². The van der Waals surface area contributed by atoms with E-state index in [0.717, 1.165) is 19.3 Å². The Hall–Kier alpha value is -1.92. The van der Waals surface area contributed by atoms with Gasteiger partial charge in [-0.25, -0.2) is 4.98 Å². The maximum Gasteiger partial charge on any atom is 0.242 e. The minimum atomic E-state index is -0.488. The van der Waals surface area contributed by atoms with Gasteiger partial charge in [-0.1, -0.05) is 19.3 Å². The molecule has 2 N–H and O–H groups in total. The van der Waals surface area contributed by atoms with Gasteiger partial charge in [0.25, 0.3) is 0 Å². The number of carbonyl (C=O) groups is 2. The normalized spacial score (nSPS) is 16.7. The number of rotatable bonds is 8. The molecule has 1 aromatic heterocycles. The van der Waals surface area contributed by atoms with Crippen LogP contribution in [0.3, 0.4) is 0 Å². The number of hydrogen-bond acceptors (Lipinski definition) is 4. The van der Waals surface area contributed by atoms with Crippen LogP contribution in [-0.2, 0) is 16.1 Å². The van der Waals surface area contributed by atoms with Gasteiger partial charge in [-0.05, 0) is 32.1 Å². The maximum absolute atomic E-state index is 12.0. The van der Waals surface area contributed by atoms with Gasteiger partial charge >= 0.3 is 0 Å². The van der Waals surface area contributed by atoms with Crippen LogP contribution in [0.2, 0.25) is 0 Å². The summed E-state index contributed by atoms with van der Waals surface area (Å²) in [4.78, 5) is 27.8. The zero-order valence-electron chi connectivity index (χ0n) is 13.8. The van der Waals surface area contributed by atoms with E-state index in [9.17, 15) is 9.59 Å². The number of hydrogen-bond donors (Lipinski definition) is 2. The summed E-state index contributed by atoms with van der Waals surface area (Å²) in [6.07, 6.45) is 10.5. The van der Waals surface area contributed by atoms with E-state index >= 15 is 0 Å². The highest BCUT2D eigenvalue weighted by atomic mass is 16.2. The van der Waals surface area contributed by atoms with Crippen LogP contribution in [0.25, 0.3) is 0 Å². The molecule has 0 aliphatic heterocycles. The van der Waals surface area contributed by atoms with E-state index in [4.69, 9.17) is 0 Å². The predicted molar refractivity (Wildman–Crippen MR) is 86.4 cm³/mol. The molecule has 1 aliphatic carbocycles. The summed E-state index contributed by atoms with van der Waals surface area (Å²) in [7, 11) is 0. The van der Waals surface area contributed by atoms with Gasteiger partial charge in [-0.15, -0.1) is 0 Å². The smallest absolute Gasteiger partial charge is 0.242 e. The molecule has 128 valence electrons. The fourth-order valence-electron chi connectivity index (χ4n) is 2.97. The second kappa shape index (κ2) is 9.27. The second-order valence-corrected chi connectivity index (χ2v) is 6.30. The van der Waals surface area contributed by atoms with Crippen LogP contribution in [0.5, 0.6) is 0 Å². The Kier molecular flexibility index (Phi) is 7.03. The lowest BCUT2D eigenvalue weighted by molar-refractivity contribution is -0.129. The summed E-state index contributed by atoms with van der Waals surface area (Å²) in [6, 6.07) is -0.488. The molecule has 1 atom stereocenters. The Balaban J connectivity index is 1.58. The Labute approximate surface area is 137 Å². The van der Waals surface area contributed by atoms with Gasteiger partial charge in [0.05, 0.1) is 0 Å². The van der Waals surface area contributed by atoms with Crippen molar-refractivity contribution in [3.63, 3.8) is 0 Å². The first-order valence-electron chi connectivity index (χ1n) is 8.54. The summed E-state index contributed by atoms with van der Waals surface area (Å²) in [6.45, 7) is 3.00. The highest BCUT2D eigenvalue weighted by Gasteiger charge is 2.20. The molecule has 1 heterocycles. The Morgan fingerprint density at radius 3 is 2.78 bits per heavy atom. The van der Waals surface area contributed by atoms with Crippen molar-refractivity contribution < 1.29 is 9.59 Å². The van der Waals surface area contributed by atoms with Gasteiger partial charge < -0.3 is 10.6 Å². The lowest BCUT2D eigenvalue weighted by atomic mass is 9.87. The van der Waals surface area contributed by atoms with Gasteiger partial charge in [-0.2, -0.15) is 5.10 Å². The van der Waals surface area contributed by atoms with Crippen LogP contribution >= 0.6 is 0 Å². The van der Waals surface area contributed by atoms with Crippen LogP contribution in [0, 0.1) is 5.92 Å². The van der Waals surface area contributed by atoms with Crippen LogP contribution in [0.15, 0.2) is 12.7 Å². The van der Waals surface area contributed by atoms with E-state index < -0.39 is 6.04 Å². The molecule has 1 aliphatic rings. The lowest BCUT2D eigenvalue weighted by Crippen LogP contribution is -2.45. The molecule has 0 saturated heterocycles. The molecule has 1 saturated carbocycles. The monoisotopic (exact) mass is 321 g/mol. The molecular weight excluding hydrogens is 294 g/mol. The molecule has 2 rings (SSSR count). The number of carbonyl (C=O) groups excluding carboxylic acids is 2. The molecule has 1 unspecified atom stereocenters. The van der Waals surface area contributed by atoms with Gasteiger partial charge in [0.1, 0.15) is 18.7 Å². The molecule has 7 nitrogen and oxygen atoms in total. The molecule has 0 bridgehead atoms. The van der Waals surface area contributed by atoms with Crippen LogP contribution in [0.1, 0.15) is 51.9 Å². The summed E-state index contributed by atoms with van der Waals surface area (Å²) in [5.41, 5.74) is 0. The fourth-order valence-corrected chi connectivity index (χ4v) is 2.97. The highest BCUT2D eigenvalue weighted by Crippen LogP contribution is 2.26. The van der Waals surface area contributed by atoms with E-state index in [1.165, 1.54) is 25.6 Å². The number of amides is 2. The number of nitrogens with one attached hydrogen (secondary N) is 2. The summed E-state index contributed by atoms with van der Waals surface area (Å²) in [5, 5.41) is 9.64. The second-order valence-electron chi connectivity index (χ2n) is 6.30. The first-order valence-corrected chi connectivity index (χ1v) is 8.54.